The molecule has 2 heterocycles. The monoisotopic (exact) mass is 218 g/mol. The van der Waals surface area contributed by atoms with Crippen LogP contribution in [0.2, 0.25) is 0 Å². The molecular formula is C10H10N4S. The van der Waals surface area contributed by atoms with Gasteiger partial charge in [-0.05, 0) is 29.5 Å². The summed E-state index contributed by atoms with van der Waals surface area (Å²) in [7, 11) is 0. The van der Waals surface area contributed by atoms with E-state index in [0.29, 0.717) is 11.7 Å². The lowest BCUT2D eigenvalue weighted by atomic mass is 10.3. The third kappa shape index (κ3) is 2.51. The van der Waals surface area contributed by atoms with E-state index in [4.69, 9.17) is 5.73 Å². The van der Waals surface area contributed by atoms with Gasteiger partial charge in [0.1, 0.15) is 5.03 Å². The first-order valence-electron chi connectivity index (χ1n) is 4.49. The number of hydrogen-bond donors (Lipinski definition) is 1. The lowest BCUT2D eigenvalue weighted by Crippen LogP contribution is -1.99. The zero-order chi connectivity index (χ0) is 10.5. The van der Waals surface area contributed by atoms with Crippen LogP contribution in [-0.2, 0) is 6.54 Å². The number of nitrogens with zero attached hydrogens (tertiary/aromatic N) is 3. The molecule has 0 unspecified atom stereocenters. The van der Waals surface area contributed by atoms with Crippen LogP contribution >= 0.6 is 11.8 Å². The molecule has 0 aliphatic rings. The minimum absolute atomic E-state index is 0.475. The van der Waals surface area contributed by atoms with Gasteiger partial charge < -0.3 is 5.73 Å². The van der Waals surface area contributed by atoms with Crippen LogP contribution in [-0.4, -0.2) is 15.0 Å². The van der Waals surface area contributed by atoms with Crippen LogP contribution in [0.5, 0.6) is 0 Å². The van der Waals surface area contributed by atoms with Gasteiger partial charge in [-0.25, -0.2) is 15.0 Å². The molecule has 0 amide bonds. The fourth-order valence-corrected chi connectivity index (χ4v) is 1.89. The summed E-state index contributed by atoms with van der Waals surface area (Å²) in [5.41, 5.74) is 6.62. The zero-order valence-electron chi connectivity index (χ0n) is 8.00. The van der Waals surface area contributed by atoms with Crippen molar-refractivity contribution in [3.05, 3.63) is 42.4 Å². The van der Waals surface area contributed by atoms with Gasteiger partial charge in [0.25, 0.3) is 0 Å². The molecule has 2 N–H and O–H groups in total. The van der Waals surface area contributed by atoms with E-state index in [1.807, 2.05) is 12.1 Å². The van der Waals surface area contributed by atoms with Crippen LogP contribution in [0.1, 0.15) is 5.56 Å². The van der Waals surface area contributed by atoms with Gasteiger partial charge in [0.2, 0.25) is 0 Å². The normalized spacial score (nSPS) is 10.2. The Balaban J connectivity index is 2.24. The quantitative estimate of drug-likeness (QED) is 0.790. The maximum Gasteiger partial charge on any atom is 0.193 e. The first-order valence-corrected chi connectivity index (χ1v) is 5.30. The number of aromatic nitrogens is 3. The molecule has 0 spiro atoms. The van der Waals surface area contributed by atoms with E-state index in [0.717, 1.165) is 10.6 Å². The molecule has 5 heteroatoms. The van der Waals surface area contributed by atoms with Crippen molar-refractivity contribution in [1.29, 1.82) is 0 Å². The van der Waals surface area contributed by atoms with E-state index in [9.17, 15) is 0 Å². The van der Waals surface area contributed by atoms with Gasteiger partial charge in [-0.3, -0.25) is 0 Å². The third-order valence-corrected chi connectivity index (χ3v) is 2.75. The van der Waals surface area contributed by atoms with Crippen molar-refractivity contribution in [1.82, 2.24) is 15.0 Å². The molecule has 0 aromatic carbocycles. The molecule has 2 aromatic rings. The van der Waals surface area contributed by atoms with E-state index in [1.165, 1.54) is 11.8 Å². The van der Waals surface area contributed by atoms with Gasteiger partial charge in [0.05, 0.1) is 0 Å². The van der Waals surface area contributed by atoms with Crippen molar-refractivity contribution >= 4 is 11.8 Å². The van der Waals surface area contributed by atoms with Gasteiger partial charge in [-0.15, -0.1) is 0 Å². The molecule has 0 saturated heterocycles. The van der Waals surface area contributed by atoms with Crippen LogP contribution in [0.4, 0.5) is 0 Å². The predicted octanol–water partition coefficient (Wildman–Crippen LogP) is 1.48. The summed E-state index contributed by atoms with van der Waals surface area (Å²) in [6.07, 6.45) is 5.16. The Morgan fingerprint density at radius 2 is 1.80 bits per heavy atom. The summed E-state index contributed by atoms with van der Waals surface area (Å²) in [6.45, 7) is 0.475. The lowest BCUT2D eigenvalue weighted by Gasteiger charge is -2.03. The molecule has 0 radical (unpaired) electrons. The summed E-state index contributed by atoms with van der Waals surface area (Å²) >= 11 is 1.43. The molecular weight excluding hydrogens is 208 g/mol. The third-order valence-electron chi connectivity index (χ3n) is 1.80. The summed E-state index contributed by atoms with van der Waals surface area (Å²) in [6, 6.07) is 5.61. The first-order chi connectivity index (χ1) is 7.40. The maximum atomic E-state index is 5.61. The molecule has 0 bridgehead atoms. The standard InChI is InChI=1S/C10H10N4S/c11-7-8-3-1-4-12-9(8)15-10-13-5-2-6-14-10/h1-6H,7,11H2. The van der Waals surface area contributed by atoms with Crippen molar-refractivity contribution in [3.63, 3.8) is 0 Å². The second-order valence-corrected chi connectivity index (χ2v) is 3.76. The van der Waals surface area contributed by atoms with Crippen LogP contribution in [0.15, 0.2) is 47.0 Å². The SMILES string of the molecule is NCc1cccnc1Sc1ncccn1. The van der Waals surface area contributed by atoms with Crippen LogP contribution in [0.3, 0.4) is 0 Å². The highest BCUT2D eigenvalue weighted by atomic mass is 32.2. The molecule has 2 aromatic heterocycles. The van der Waals surface area contributed by atoms with E-state index in [-0.39, 0.29) is 0 Å². The molecule has 0 saturated carbocycles. The van der Waals surface area contributed by atoms with Crippen LogP contribution < -0.4 is 5.73 Å². The zero-order valence-corrected chi connectivity index (χ0v) is 8.81. The number of hydrogen-bond acceptors (Lipinski definition) is 5. The molecule has 0 fully saturated rings. The van der Waals surface area contributed by atoms with Crippen LogP contribution in [0, 0.1) is 0 Å². The second kappa shape index (κ2) is 4.86. The average molecular weight is 218 g/mol. The van der Waals surface area contributed by atoms with E-state index >= 15 is 0 Å². The molecule has 2 rings (SSSR count). The fourth-order valence-electron chi connectivity index (χ4n) is 1.10. The average Bonchev–Trinajstić information content (AvgIpc) is 2.31. The van der Waals surface area contributed by atoms with Gasteiger partial charge in [0, 0.05) is 25.1 Å². The Bertz CT molecular complexity index is 432. The smallest absolute Gasteiger partial charge is 0.193 e. The Labute approximate surface area is 92.0 Å². The van der Waals surface area contributed by atoms with Gasteiger partial charge in [-0.2, -0.15) is 0 Å². The molecule has 0 aliphatic carbocycles. The Hall–Kier alpha value is -1.46. The second-order valence-electron chi connectivity index (χ2n) is 2.81. The highest BCUT2D eigenvalue weighted by Gasteiger charge is 2.05. The minimum Gasteiger partial charge on any atom is -0.326 e. The van der Waals surface area contributed by atoms with Gasteiger partial charge in [-0.1, -0.05) is 6.07 Å². The largest absolute Gasteiger partial charge is 0.326 e. The maximum absolute atomic E-state index is 5.61. The number of nitrogens with two attached hydrogens (primary N) is 1. The highest BCUT2D eigenvalue weighted by molar-refractivity contribution is 7.99. The van der Waals surface area contributed by atoms with Crippen LogP contribution in [0.25, 0.3) is 0 Å². The molecule has 0 atom stereocenters. The summed E-state index contributed by atoms with van der Waals surface area (Å²) in [4.78, 5) is 12.5. The lowest BCUT2D eigenvalue weighted by molar-refractivity contribution is 0.934. The number of pyridine rings is 1. The van der Waals surface area contributed by atoms with E-state index in [1.54, 1.807) is 24.7 Å². The minimum atomic E-state index is 0.475. The highest BCUT2D eigenvalue weighted by Crippen LogP contribution is 2.24. The predicted molar refractivity (Wildman–Crippen MR) is 58.3 cm³/mol. The van der Waals surface area contributed by atoms with Crippen molar-refractivity contribution < 1.29 is 0 Å². The van der Waals surface area contributed by atoms with Crippen molar-refractivity contribution in [3.8, 4) is 0 Å². The molecule has 76 valence electrons. The van der Waals surface area contributed by atoms with Crippen molar-refractivity contribution in [2.45, 2.75) is 16.7 Å². The fraction of sp³-hybridized carbons (Fsp3) is 0.100. The van der Waals surface area contributed by atoms with Gasteiger partial charge in [0.15, 0.2) is 5.16 Å². The van der Waals surface area contributed by atoms with Crippen molar-refractivity contribution in [2.24, 2.45) is 5.73 Å². The Kier molecular flexibility index (Phi) is 3.26. The molecule has 0 aliphatic heterocycles. The molecule has 15 heavy (non-hydrogen) atoms. The van der Waals surface area contributed by atoms with E-state index in [2.05, 4.69) is 15.0 Å². The Morgan fingerprint density at radius 1 is 1.07 bits per heavy atom. The Morgan fingerprint density at radius 3 is 2.53 bits per heavy atom. The topological polar surface area (TPSA) is 64.7 Å². The summed E-state index contributed by atoms with van der Waals surface area (Å²) in [5.74, 6) is 0. The van der Waals surface area contributed by atoms with Gasteiger partial charge >= 0.3 is 0 Å². The van der Waals surface area contributed by atoms with Crippen molar-refractivity contribution in [2.75, 3.05) is 0 Å². The summed E-state index contributed by atoms with van der Waals surface area (Å²) < 4.78 is 0. The summed E-state index contributed by atoms with van der Waals surface area (Å²) in [5, 5.41) is 1.55. The molecule has 4 nitrogen and oxygen atoms in total. The number of rotatable bonds is 3. The van der Waals surface area contributed by atoms with E-state index < -0.39 is 0 Å². The first kappa shape index (κ1) is 10.1.